The first kappa shape index (κ1) is 12.3. The normalized spacial score (nSPS) is 18.4. The molecule has 2 N–H and O–H groups in total. The van der Waals surface area contributed by atoms with Crippen LogP contribution in [-0.2, 0) is 0 Å². The molecule has 1 aromatic heterocycles. The Hall–Kier alpha value is -1.75. The molecule has 5 heteroatoms. The highest BCUT2D eigenvalue weighted by atomic mass is 16.3. The fourth-order valence-corrected chi connectivity index (χ4v) is 2.72. The third-order valence-electron chi connectivity index (χ3n) is 3.85. The minimum Gasteiger partial charge on any atom is -0.394 e. The summed E-state index contributed by atoms with van der Waals surface area (Å²) in [5, 5.41) is 21.2. The van der Waals surface area contributed by atoms with Crippen LogP contribution in [0, 0.1) is 0 Å². The molecule has 0 radical (unpaired) electrons. The summed E-state index contributed by atoms with van der Waals surface area (Å²) in [7, 11) is 0. The van der Waals surface area contributed by atoms with Crippen LogP contribution in [0.3, 0.4) is 0 Å². The molecule has 1 aliphatic rings. The van der Waals surface area contributed by atoms with E-state index in [1.54, 1.807) is 0 Å². The molecule has 0 saturated heterocycles. The highest BCUT2D eigenvalue weighted by Crippen LogP contribution is 2.30. The molecule has 5 nitrogen and oxygen atoms in total. The Morgan fingerprint density at radius 3 is 2.53 bits per heavy atom. The molecule has 1 fully saturated rings. The van der Waals surface area contributed by atoms with E-state index in [-0.39, 0.29) is 12.1 Å². The van der Waals surface area contributed by atoms with Crippen molar-refractivity contribution < 1.29 is 5.11 Å². The maximum Gasteiger partial charge on any atom is 0.243 e. The minimum absolute atomic E-state index is 0.114. The van der Waals surface area contributed by atoms with E-state index in [0.29, 0.717) is 5.95 Å². The molecule has 1 heterocycles. The van der Waals surface area contributed by atoms with Gasteiger partial charge in [0.2, 0.25) is 5.95 Å². The number of rotatable bonds is 3. The summed E-state index contributed by atoms with van der Waals surface area (Å²) in [5.41, 5.74) is 1.33. The van der Waals surface area contributed by atoms with E-state index in [1.165, 1.54) is 6.42 Å². The van der Waals surface area contributed by atoms with Crippen molar-refractivity contribution >= 4 is 17.0 Å². The van der Waals surface area contributed by atoms with E-state index in [0.717, 1.165) is 36.7 Å². The van der Waals surface area contributed by atoms with Gasteiger partial charge in [0.05, 0.1) is 17.7 Å². The number of aliphatic hydroxyl groups is 1. The van der Waals surface area contributed by atoms with Crippen molar-refractivity contribution in [3.05, 3.63) is 24.3 Å². The summed E-state index contributed by atoms with van der Waals surface area (Å²) < 4.78 is 0. The fraction of sp³-hybridized carbons (Fsp3) is 0.500. The number of para-hydroxylation sites is 1. The first-order chi connectivity index (χ1) is 9.31. The molecule has 0 bridgehead atoms. The first-order valence-electron chi connectivity index (χ1n) is 6.80. The molecule has 0 aliphatic heterocycles. The molecular weight excluding hydrogens is 240 g/mol. The lowest BCUT2D eigenvalue weighted by atomic mass is 9.82. The van der Waals surface area contributed by atoms with Gasteiger partial charge in [0.15, 0.2) is 0 Å². The molecule has 3 rings (SSSR count). The van der Waals surface area contributed by atoms with Crippen molar-refractivity contribution in [3.63, 3.8) is 0 Å². The molecule has 100 valence electrons. The van der Waals surface area contributed by atoms with Gasteiger partial charge in [-0.1, -0.05) is 31.4 Å². The van der Waals surface area contributed by atoms with E-state index in [2.05, 4.69) is 20.5 Å². The monoisotopic (exact) mass is 258 g/mol. The highest BCUT2D eigenvalue weighted by molar-refractivity contribution is 5.74. The molecule has 19 heavy (non-hydrogen) atoms. The average Bonchev–Trinajstić information content (AvgIpc) is 2.48. The molecule has 0 amide bonds. The Morgan fingerprint density at radius 2 is 1.79 bits per heavy atom. The van der Waals surface area contributed by atoms with Crippen molar-refractivity contribution in [2.75, 3.05) is 11.9 Å². The maximum absolute atomic E-state index is 9.68. The number of aliphatic hydroxyl groups excluding tert-OH is 1. The number of nitrogens with zero attached hydrogens (tertiary/aromatic N) is 3. The number of aromatic nitrogens is 3. The molecule has 1 saturated carbocycles. The quantitative estimate of drug-likeness (QED) is 0.882. The van der Waals surface area contributed by atoms with E-state index in [9.17, 15) is 5.11 Å². The van der Waals surface area contributed by atoms with Crippen LogP contribution in [0.25, 0.3) is 11.0 Å². The Morgan fingerprint density at radius 1 is 1.05 bits per heavy atom. The van der Waals surface area contributed by atoms with Crippen molar-refractivity contribution in [2.24, 2.45) is 0 Å². The molecule has 0 atom stereocenters. The van der Waals surface area contributed by atoms with Gasteiger partial charge in [-0.25, -0.2) is 4.98 Å². The van der Waals surface area contributed by atoms with Gasteiger partial charge in [-0.3, -0.25) is 0 Å². The summed E-state index contributed by atoms with van der Waals surface area (Å²) in [6.45, 7) is 0.114. The van der Waals surface area contributed by atoms with E-state index in [1.807, 2.05) is 24.3 Å². The smallest absolute Gasteiger partial charge is 0.243 e. The molecule has 1 aromatic carbocycles. The van der Waals surface area contributed by atoms with Gasteiger partial charge in [0.1, 0.15) is 5.52 Å². The van der Waals surface area contributed by atoms with Gasteiger partial charge in [-0.05, 0) is 25.0 Å². The SMILES string of the molecule is OCC1(Nc2nnc3ccccc3n2)CCCCC1. The second kappa shape index (κ2) is 5.09. The van der Waals surface area contributed by atoms with Crippen molar-refractivity contribution in [1.29, 1.82) is 0 Å². The van der Waals surface area contributed by atoms with Gasteiger partial charge >= 0.3 is 0 Å². The maximum atomic E-state index is 9.68. The van der Waals surface area contributed by atoms with Gasteiger partial charge in [0.25, 0.3) is 0 Å². The number of nitrogens with one attached hydrogen (secondary N) is 1. The van der Waals surface area contributed by atoms with Crippen LogP contribution < -0.4 is 5.32 Å². The second-order valence-corrected chi connectivity index (χ2v) is 5.25. The van der Waals surface area contributed by atoms with Crippen LogP contribution in [0.15, 0.2) is 24.3 Å². The topological polar surface area (TPSA) is 70.9 Å². The molecule has 2 aromatic rings. The summed E-state index contributed by atoms with van der Waals surface area (Å²) >= 11 is 0. The van der Waals surface area contributed by atoms with Crippen LogP contribution in [-0.4, -0.2) is 32.4 Å². The Labute approximate surface area is 112 Å². The zero-order valence-electron chi connectivity index (χ0n) is 10.8. The lowest BCUT2D eigenvalue weighted by Crippen LogP contribution is -2.44. The van der Waals surface area contributed by atoms with Crippen LogP contribution in [0.1, 0.15) is 32.1 Å². The van der Waals surface area contributed by atoms with Gasteiger partial charge in [-0.15, -0.1) is 10.2 Å². The zero-order valence-corrected chi connectivity index (χ0v) is 10.8. The summed E-state index contributed by atoms with van der Waals surface area (Å²) in [5.74, 6) is 0.509. The summed E-state index contributed by atoms with van der Waals surface area (Å²) in [4.78, 5) is 4.47. The fourth-order valence-electron chi connectivity index (χ4n) is 2.72. The summed E-state index contributed by atoms with van der Waals surface area (Å²) in [6.07, 6.45) is 5.42. The van der Waals surface area contributed by atoms with Gasteiger partial charge in [-0.2, -0.15) is 0 Å². The lowest BCUT2D eigenvalue weighted by Gasteiger charge is -2.36. The van der Waals surface area contributed by atoms with Crippen LogP contribution in [0.4, 0.5) is 5.95 Å². The lowest BCUT2D eigenvalue weighted by molar-refractivity contribution is 0.172. The Balaban J connectivity index is 1.87. The van der Waals surface area contributed by atoms with Crippen molar-refractivity contribution in [3.8, 4) is 0 Å². The number of anilines is 1. The molecule has 0 unspecified atom stereocenters. The predicted molar refractivity (Wildman–Crippen MR) is 73.9 cm³/mol. The standard InChI is InChI=1S/C14H18N4O/c19-10-14(8-4-1-5-9-14)16-13-15-11-6-2-3-7-12(11)17-18-13/h2-3,6-7,19H,1,4-5,8-10H2,(H,15,16,18). The van der Waals surface area contributed by atoms with E-state index < -0.39 is 0 Å². The highest BCUT2D eigenvalue weighted by Gasteiger charge is 2.32. The van der Waals surface area contributed by atoms with Crippen LogP contribution in [0.5, 0.6) is 0 Å². The average molecular weight is 258 g/mol. The molecule has 1 aliphatic carbocycles. The third kappa shape index (κ3) is 2.51. The predicted octanol–water partition coefficient (Wildman–Crippen LogP) is 2.13. The summed E-state index contributed by atoms with van der Waals surface area (Å²) in [6, 6.07) is 7.66. The molecule has 0 spiro atoms. The van der Waals surface area contributed by atoms with Gasteiger partial charge < -0.3 is 10.4 Å². The van der Waals surface area contributed by atoms with Crippen LogP contribution >= 0.6 is 0 Å². The first-order valence-corrected chi connectivity index (χ1v) is 6.80. The largest absolute Gasteiger partial charge is 0.394 e. The van der Waals surface area contributed by atoms with Crippen molar-refractivity contribution in [1.82, 2.24) is 15.2 Å². The van der Waals surface area contributed by atoms with Crippen LogP contribution in [0.2, 0.25) is 0 Å². The third-order valence-corrected chi connectivity index (χ3v) is 3.85. The number of hydrogen-bond donors (Lipinski definition) is 2. The Kier molecular flexibility index (Phi) is 3.29. The van der Waals surface area contributed by atoms with Gasteiger partial charge in [0, 0.05) is 0 Å². The molecular formula is C14H18N4O. The minimum atomic E-state index is -0.275. The zero-order chi connectivity index (χ0) is 13.1. The van der Waals surface area contributed by atoms with E-state index in [4.69, 9.17) is 0 Å². The van der Waals surface area contributed by atoms with Crippen molar-refractivity contribution in [2.45, 2.75) is 37.6 Å². The number of benzene rings is 1. The van der Waals surface area contributed by atoms with E-state index >= 15 is 0 Å². The number of fused-ring (bicyclic) bond motifs is 1. The number of hydrogen-bond acceptors (Lipinski definition) is 5. The Bertz CT molecular complexity index is 566. The second-order valence-electron chi connectivity index (χ2n) is 5.25.